The molecule has 0 fully saturated rings. The maximum absolute atomic E-state index is 12.4. The van der Waals surface area contributed by atoms with E-state index in [1.165, 1.54) is 12.1 Å². The molecule has 0 aliphatic heterocycles. The highest BCUT2D eigenvalue weighted by Gasteiger charge is 2.13. The van der Waals surface area contributed by atoms with E-state index >= 15 is 0 Å². The fourth-order valence-electron chi connectivity index (χ4n) is 3.60. The van der Waals surface area contributed by atoms with Crippen molar-refractivity contribution in [2.75, 3.05) is 19.5 Å². The number of urea groups is 1. The van der Waals surface area contributed by atoms with Gasteiger partial charge in [-0.25, -0.2) is 4.79 Å². The number of nitrogens with one attached hydrogen (secondary N) is 2. The van der Waals surface area contributed by atoms with Gasteiger partial charge in [0.1, 0.15) is 11.5 Å². The van der Waals surface area contributed by atoms with Crippen LogP contribution in [0.3, 0.4) is 0 Å². The first-order valence-electron chi connectivity index (χ1n) is 11.0. The lowest BCUT2D eigenvalue weighted by Crippen LogP contribution is -2.31. The van der Waals surface area contributed by atoms with Crippen LogP contribution in [0.5, 0.6) is 23.0 Å². The number of nitrogens with zero attached hydrogens (tertiary/aromatic N) is 2. The number of ether oxygens (including phenoxy) is 3. The molecule has 3 aromatic carbocycles. The minimum Gasteiger partial charge on any atom is -0.493 e. The third-order valence-corrected chi connectivity index (χ3v) is 5.50. The van der Waals surface area contributed by atoms with E-state index in [2.05, 4.69) is 15.6 Å². The van der Waals surface area contributed by atoms with Crippen LogP contribution in [0.15, 0.2) is 72.9 Å². The molecule has 0 bridgehead atoms. The number of benzene rings is 3. The molecular weight excluding hydrogens is 464 g/mol. The summed E-state index contributed by atoms with van der Waals surface area (Å²) < 4.78 is 16.8. The number of carbonyl (C=O) groups is 1. The molecule has 10 heteroatoms. The Bertz CT molecular complexity index is 1390. The molecule has 0 aliphatic rings. The maximum Gasteiger partial charge on any atom is 0.319 e. The second kappa shape index (κ2) is 10.6. The molecule has 2 amide bonds. The summed E-state index contributed by atoms with van der Waals surface area (Å²) in [4.78, 5) is 27.1. The summed E-state index contributed by atoms with van der Waals surface area (Å²) in [7, 11) is 3.13. The monoisotopic (exact) mass is 488 g/mol. The Morgan fingerprint density at radius 1 is 0.944 bits per heavy atom. The summed E-state index contributed by atoms with van der Waals surface area (Å²) >= 11 is 0. The van der Waals surface area contributed by atoms with Crippen LogP contribution in [0.4, 0.5) is 16.2 Å². The van der Waals surface area contributed by atoms with Gasteiger partial charge in [-0.05, 0) is 48.9 Å². The Morgan fingerprint density at radius 3 is 2.25 bits per heavy atom. The van der Waals surface area contributed by atoms with Gasteiger partial charge in [0.05, 0.1) is 30.7 Å². The molecule has 0 saturated heterocycles. The van der Waals surface area contributed by atoms with Crippen molar-refractivity contribution in [1.82, 2.24) is 10.3 Å². The number of fused-ring (bicyclic) bond motifs is 1. The highest BCUT2D eigenvalue weighted by Crippen LogP contribution is 2.37. The molecule has 1 heterocycles. The minimum absolute atomic E-state index is 0.00339. The average molecular weight is 489 g/mol. The molecule has 4 rings (SSSR count). The predicted octanol–water partition coefficient (Wildman–Crippen LogP) is 5.84. The fraction of sp³-hybridized carbons (Fsp3) is 0.154. The SMILES string of the molecule is COc1cc2nccc(Oc3ccc(NC(=O)NC(C)c4ccc([N+](=O)[O-])cc4)cc3)c2cc1OC. The molecule has 0 radical (unpaired) electrons. The highest BCUT2D eigenvalue weighted by atomic mass is 16.6. The Hall–Kier alpha value is -4.86. The zero-order valence-electron chi connectivity index (χ0n) is 19.8. The maximum atomic E-state index is 12.4. The smallest absolute Gasteiger partial charge is 0.319 e. The van der Waals surface area contributed by atoms with E-state index < -0.39 is 11.0 Å². The molecule has 1 unspecified atom stereocenters. The van der Waals surface area contributed by atoms with E-state index in [0.29, 0.717) is 34.2 Å². The van der Waals surface area contributed by atoms with Crippen LogP contribution in [-0.4, -0.2) is 30.2 Å². The van der Waals surface area contributed by atoms with Crippen LogP contribution >= 0.6 is 0 Å². The van der Waals surface area contributed by atoms with Crippen LogP contribution in [0, 0.1) is 10.1 Å². The van der Waals surface area contributed by atoms with Crippen LogP contribution < -0.4 is 24.8 Å². The fourth-order valence-corrected chi connectivity index (χ4v) is 3.60. The molecular formula is C26H24N4O6. The van der Waals surface area contributed by atoms with Gasteiger partial charge in [-0.15, -0.1) is 0 Å². The molecule has 1 atom stereocenters. The van der Waals surface area contributed by atoms with Crippen molar-refractivity contribution in [3.05, 3.63) is 88.6 Å². The first-order chi connectivity index (χ1) is 17.4. The van der Waals surface area contributed by atoms with Gasteiger partial charge in [0.25, 0.3) is 5.69 Å². The first kappa shape index (κ1) is 24.3. The Balaban J connectivity index is 1.41. The lowest BCUT2D eigenvalue weighted by atomic mass is 10.1. The predicted molar refractivity (Wildman–Crippen MR) is 135 cm³/mol. The number of non-ortho nitro benzene ring substituents is 1. The number of nitro groups is 1. The largest absolute Gasteiger partial charge is 0.493 e. The number of amides is 2. The van der Waals surface area contributed by atoms with Gasteiger partial charge < -0.3 is 24.8 Å². The van der Waals surface area contributed by atoms with Gasteiger partial charge in [0, 0.05) is 35.5 Å². The van der Waals surface area contributed by atoms with Gasteiger partial charge in [-0.3, -0.25) is 15.1 Å². The van der Waals surface area contributed by atoms with Crippen molar-refractivity contribution < 1.29 is 23.9 Å². The van der Waals surface area contributed by atoms with Gasteiger partial charge in [0.15, 0.2) is 11.5 Å². The second-order valence-electron chi connectivity index (χ2n) is 7.83. The standard InChI is InChI=1S/C26H24N4O6/c1-16(17-4-8-19(9-5-17)30(32)33)28-26(31)29-18-6-10-20(11-7-18)36-23-12-13-27-22-15-25(35-3)24(34-2)14-21(22)23/h4-16H,1-3H3,(H2,28,29,31). The average Bonchev–Trinajstić information content (AvgIpc) is 2.89. The molecule has 184 valence electrons. The molecule has 0 spiro atoms. The third-order valence-electron chi connectivity index (χ3n) is 5.50. The topological polar surface area (TPSA) is 125 Å². The molecule has 2 N–H and O–H groups in total. The van der Waals surface area contributed by atoms with Crippen LogP contribution in [0.2, 0.25) is 0 Å². The zero-order chi connectivity index (χ0) is 25.7. The summed E-state index contributed by atoms with van der Waals surface area (Å²) in [5, 5.41) is 17.1. The zero-order valence-corrected chi connectivity index (χ0v) is 19.8. The summed E-state index contributed by atoms with van der Waals surface area (Å²) in [6.45, 7) is 1.79. The molecule has 0 saturated carbocycles. The van der Waals surface area contributed by atoms with E-state index in [-0.39, 0.29) is 11.7 Å². The van der Waals surface area contributed by atoms with Crippen molar-refractivity contribution in [1.29, 1.82) is 0 Å². The molecule has 1 aromatic heterocycles. The summed E-state index contributed by atoms with van der Waals surface area (Å²) in [6, 6.07) is 17.6. The van der Waals surface area contributed by atoms with Gasteiger partial charge >= 0.3 is 6.03 Å². The van der Waals surface area contributed by atoms with E-state index in [1.807, 2.05) is 6.07 Å². The number of anilines is 1. The highest BCUT2D eigenvalue weighted by molar-refractivity contribution is 5.90. The lowest BCUT2D eigenvalue weighted by Gasteiger charge is -2.15. The number of methoxy groups -OCH3 is 2. The van der Waals surface area contributed by atoms with E-state index in [1.54, 1.807) is 75.9 Å². The molecule has 10 nitrogen and oxygen atoms in total. The van der Waals surface area contributed by atoms with Crippen molar-refractivity contribution >= 4 is 28.3 Å². The second-order valence-corrected chi connectivity index (χ2v) is 7.83. The van der Waals surface area contributed by atoms with E-state index in [0.717, 1.165) is 10.9 Å². The van der Waals surface area contributed by atoms with Crippen LogP contribution in [0.1, 0.15) is 18.5 Å². The number of hydrogen-bond donors (Lipinski definition) is 2. The van der Waals surface area contributed by atoms with Crippen LogP contribution in [-0.2, 0) is 0 Å². The Kier molecular flexibility index (Phi) is 7.15. The van der Waals surface area contributed by atoms with Gasteiger partial charge in [-0.1, -0.05) is 12.1 Å². The summed E-state index contributed by atoms with van der Waals surface area (Å²) in [5.41, 5.74) is 2.01. The quantitative estimate of drug-likeness (QED) is 0.236. The summed E-state index contributed by atoms with van der Waals surface area (Å²) in [5.74, 6) is 2.31. The van der Waals surface area contributed by atoms with E-state index in [4.69, 9.17) is 14.2 Å². The number of pyridine rings is 1. The van der Waals surface area contributed by atoms with Crippen molar-refractivity contribution in [2.45, 2.75) is 13.0 Å². The van der Waals surface area contributed by atoms with Crippen LogP contribution in [0.25, 0.3) is 10.9 Å². The first-order valence-corrected chi connectivity index (χ1v) is 11.0. The molecule has 0 aliphatic carbocycles. The van der Waals surface area contributed by atoms with Crippen molar-refractivity contribution in [2.24, 2.45) is 0 Å². The van der Waals surface area contributed by atoms with Gasteiger partial charge in [0.2, 0.25) is 0 Å². The lowest BCUT2D eigenvalue weighted by molar-refractivity contribution is -0.384. The Morgan fingerprint density at radius 2 is 1.61 bits per heavy atom. The van der Waals surface area contributed by atoms with Gasteiger partial charge in [-0.2, -0.15) is 0 Å². The molecule has 36 heavy (non-hydrogen) atoms. The van der Waals surface area contributed by atoms with E-state index in [9.17, 15) is 14.9 Å². The number of hydrogen-bond acceptors (Lipinski definition) is 7. The third kappa shape index (κ3) is 5.44. The number of nitro benzene ring substituents is 1. The minimum atomic E-state index is -0.465. The number of rotatable bonds is 8. The molecule has 4 aromatic rings. The van der Waals surface area contributed by atoms with Crippen molar-refractivity contribution in [3.63, 3.8) is 0 Å². The summed E-state index contributed by atoms with van der Waals surface area (Å²) in [6.07, 6.45) is 1.65. The number of aromatic nitrogens is 1. The van der Waals surface area contributed by atoms with Crippen molar-refractivity contribution in [3.8, 4) is 23.0 Å². The number of carbonyl (C=O) groups excluding carboxylic acids is 1. The normalized spacial score (nSPS) is 11.4. The Labute approximate surface area is 207 Å².